The maximum Gasteiger partial charge on any atom is 0.00872 e. The second-order valence-electron chi connectivity index (χ2n) is 5.19. The molecule has 0 bridgehead atoms. The van der Waals surface area contributed by atoms with Crippen LogP contribution in [0, 0.1) is 0 Å². The van der Waals surface area contributed by atoms with Crippen LogP contribution in [-0.2, 0) is 12.8 Å². The molecule has 0 fully saturated rings. The van der Waals surface area contributed by atoms with E-state index in [2.05, 4.69) is 54.0 Å². The Balaban J connectivity index is 1.48. The van der Waals surface area contributed by atoms with Crippen LogP contribution >= 0.6 is 11.3 Å². The first kappa shape index (κ1) is 11.9. The lowest BCUT2D eigenvalue weighted by Gasteiger charge is -2.31. The van der Waals surface area contributed by atoms with Crippen molar-refractivity contribution >= 4 is 11.3 Å². The van der Waals surface area contributed by atoms with E-state index in [0.29, 0.717) is 6.04 Å². The van der Waals surface area contributed by atoms with Gasteiger partial charge in [0.1, 0.15) is 0 Å². The van der Waals surface area contributed by atoms with Crippen LogP contribution in [0.15, 0.2) is 41.8 Å². The van der Waals surface area contributed by atoms with Crippen LogP contribution < -0.4 is 5.32 Å². The lowest BCUT2D eigenvalue weighted by atomic mass is 9.77. The van der Waals surface area contributed by atoms with Crippen molar-refractivity contribution in [1.82, 2.24) is 5.32 Å². The van der Waals surface area contributed by atoms with E-state index in [1.54, 1.807) is 5.56 Å². The van der Waals surface area contributed by atoms with Gasteiger partial charge in [0.15, 0.2) is 0 Å². The van der Waals surface area contributed by atoms with Gasteiger partial charge in [-0.05, 0) is 42.3 Å². The van der Waals surface area contributed by atoms with Gasteiger partial charge in [-0.3, -0.25) is 0 Å². The second-order valence-corrected chi connectivity index (χ2v) is 6.22. The highest BCUT2D eigenvalue weighted by Crippen LogP contribution is 2.34. The molecule has 0 saturated heterocycles. The maximum absolute atomic E-state index is 3.67. The quantitative estimate of drug-likeness (QED) is 0.863. The van der Waals surface area contributed by atoms with E-state index in [-0.39, 0.29) is 0 Å². The van der Waals surface area contributed by atoms with E-state index in [9.17, 15) is 0 Å². The Hall–Kier alpha value is -1.12. The molecule has 0 amide bonds. The van der Waals surface area contributed by atoms with E-state index >= 15 is 0 Å². The second kappa shape index (κ2) is 5.25. The molecule has 18 heavy (non-hydrogen) atoms. The first-order valence-electron chi connectivity index (χ1n) is 6.66. The fourth-order valence-electron chi connectivity index (χ4n) is 2.69. The summed E-state index contributed by atoms with van der Waals surface area (Å²) in [6, 6.07) is 13.7. The average molecular weight is 257 g/mol. The van der Waals surface area contributed by atoms with Crippen LogP contribution in [0.5, 0.6) is 0 Å². The van der Waals surface area contributed by atoms with Crippen molar-refractivity contribution in [1.29, 1.82) is 0 Å². The van der Waals surface area contributed by atoms with Crippen molar-refractivity contribution in [3.05, 3.63) is 57.8 Å². The normalized spacial score (nSPS) is 19.1. The van der Waals surface area contributed by atoms with Crippen molar-refractivity contribution < 1.29 is 0 Å². The number of hydrogen-bond donors (Lipinski definition) is 1. The predicted octanol–water partition coefficient (Wildman–Crippen LogP) is 3.61. The molecule has 2 atom stereocenters. The van der Waals surface area contributed by atoms with Crippen LogP contribution in [0.4, 0.5) is 0 Å². The highest BCUT2D eigenvalue weighted by atomic mass is 32.1. The molecule has 2 unspecified atom stereocenters. The number of fused-ring (bicyclic) bond motifs is 1. The molecule has 0 saturated carbocycles. The van der Waals surface area contributed by atoms with Gasteiger partial charge in [0.25, 0.3) is 0 Å². The standard InChI is InChI=1S/C16H19NS/c1-12(9-15-6-4-8-18-15)17-11-14-10-13-5-2-3-7-16(13)14/h2-8,12,14,17H,9-11H2,1H3. The number of thiophene rings is 1. The molecule has 94 valence electrons. The minimum atomic E-state index is 0.566. The fourth-order valence-corrected chi connectivity index (χ4v) is 3.53. The summed E-state index contributed by atoms with van der Waals surface area (Å²) in [5.41, 5.74) is 3.09. The Bertz CT molecular complexity index is 504. The van der Waals surface area contributed by atoms with Gasteiger partial charge in [0.2, 0.25) is 0 Å². The predicted molar refractivity (Wildman–Crippen MR) is 78.4 cm³/mol. The molecule has 3 rings (SSSR count). The molecule has 1 N–H and O–H groups in total. The van der Waals surface area contributed by atoms with Gasteiger partial charge in [0, 0.05) is 23.4 Å². The van der Waals surface area contributed by atoms with Gasteiger partial charge in [-0.2, -0.15) is 0 Å². The van der Waals surface area contributed by atoms with Gasteiger partial charge >= 0.3 is 0 Å². The van der Waals surface area contributed by atoms with E-state index in [1.807, 2.05) is 11.3 Å². The molecule has 1 aliphatic rings. The lowest BCUT2D eigenvalue weighted by molar-refractivity contribution is 0.478. The summed E-state index contributed by atoms with van der Waals surface area (Å²) >= 11 is 1.85. The molecular weight excluding hydrogens is 238 g/mol. The summed E-state index contributed by atoms with van der Waals surface area (Å²) in [4.78, 5) is 1.48. The van der Waals surface area contributed by atoms with E-state index < -0.39 is 0 Å². The van der Waals surface area contributed by atoms with Crippen LogP contribution in [0.2, 0.25) is 0 Å². The Morgan fingerprint density at radius 1 is 1.28 bits per heavy atom. The molecule has 0 aliphatic heterocycles. The summed E-state index contributed by atoms with van der Waals surface area (Å²) in [6.45, 7) is 3.40. The van der Waals surface area contributed by atoms with Gasteiger partial charge in [0.05, 0.1) is 0 Å². The molecule has 1 aliphatic carbocycles. The van der Waals surface area contributed by atoms with Crippen LogP contribution in [0.1, 0.15) is 28.8 Å². The molecule has 1 nitrogen and oxygen atoms in total. The van der Waals surface area contributed by atoms with E-state index in [1.165, 1.54) is 16.9 Å². The van der Waals surface area contributed by atoms with Crippen molar-refractivity contribution in [3.63, 3.8) is 0 Å². The zero-order valence-electron chi connectivity index (χ0n) is 10.7. The van der Waals surface area contributed by atoms with E-state index in [0.717, 1.165) is 18.9 Å². The van der Waals surface area contributed by atoms with E-state index in [4.69, 9.17) is 0 Å². The van der Waals surface area contributed by atoms with Crippen LogP contribution in [0.25, 0.3) is 0 Å². The summed E-state index contributed by atoms with van der Waals surface area (Å²) in [7, 11) is 0. The number of benzene rings is 1. The molecule has 1 aromatic carbocycles. The summed E-state index contributed by atoms with van der Waals surface area (Å²) < 4.78 is 0. The van der Waals surface area contributed by atoms with Crippen LogP contribution in [0.3, 0.4) is 0 Å². The Kier molecular flexibility index (Phi) is 3.48. The third kappa shape index (κ3) is 2.50. The molecule has 2 heteroatoms. The van der Waals surface area contributed by atoms with Gasteiger partial charge in [-0.25, -0.2) is 0 Å². The average Bonchev–Trinajstić information content (AvgIpc) is 2.83. The zero-order chi connectivity index (χ0) is 12.4. The lowest BCUT2D eigenvalue weighted by Crippen LogP contribution is -2.35. The smallest absolute Gasteiger partial charge is 0.00872 e. The Morgan fingerprint density at radius 2 is 2.17 bits per heavy atom. The highest BCUT2D eigenvalue weighted by Gasteiger charge is 2.25. The van der Waals surface area contributed by atoms with Crippen molar-refractivity contribution in [2.24, 2.45) is 0 Å². The molecule has 0 radical (unpaired) electrons. The summed E-state index contributed by atoms with van der Waals surface area (Å²) in [5.74, 6) is 0.729. The van der Waals surface area contributed by atoms with Crippen molar-refractivity contribution in [2.75, 3.05) is 6.54 Å². The minimum absolute atomic E-state index is 0.566. The molecule has 1 heterocycles. The molecule has 1 aromatic heterocycles. The van der Waals surface area contributed by atoms with Crippen molar-refractivity contribution in [3.8, 4) is 0 Å². The number of hydrogen-bond acceptors (Lipinski definition) is 2. The van der Waals surface area contributed by atoms with Crippen LogP contribution in [-0.4, -0.2) is 12.6 Å². The third-order valence-corrected chi connectivity index (χ3v) is 4.66. The summed E-state index contributed by atoms with van der Waals surface area (Å²) in [5, 5.41) is 5.83. The Labute approximate surface area is 113 Å². The molecule has 0 spiro atoms. The zero-order valence-corrected chi connectivity index (χ0v) is 11.5. The minimum Gasteiger partial charge on any atom is -0.313 e. The molecular formula is C16H19NS. The topological polar surface area (TPSA) is 12.0 Å². The van der Waals surface area contributed by atoms with Gasteiger partial charge in [-0.15, -0.1) is 11.3 Å². The first-order valence-corrected chi connectivity index (χ1v) is 7.54. The monoisotopic (exact) mass is 257 g/mol. The van der Waals surface area contributed by atoms with Gasteiger partial charge < -0.3 is 5.32 Å². The number of nitrogens with one attached hydrogen (secondary N) is 1. The first-order chi connectivity index (χ1) is 8.83. The largest absolute Gasteiger partial charge is 0.313 e. The fraction of sp³-hybridized carbons (Fsp3) is 0.375. The number of rotatable bonds is 5. The maximum atomic E-state index is 3.67. The van der Waals surface area contributed by atoms with Crippen molar-refractivity contribution in [2.45, 2.75) is 31.7 Å². The molecule has 2 aromatic rings. The SMILES string of the molecule is CC(Cc1cccs1)NCC1Cc2ccccc21. The third-order valence-electron chi connectivity index (χ3n) is 3.76. The van der Waals surface area contributed by atoms with Gasteiger partial charge in [-0.1, -0.05) is 30.3 Å². The Morgan fingerprint density at radius 3 is 2.94 bits per heavy atom. The summed E-state index contributed by atoms with van der Waals surface area (Å²) in [6.07, 6.45) is 2.39. The highest BCUT2D eigenvalue weighted by molar-refractivity contribution is 7.09.